The van der Waals surface area contributed by atoms with Crippen LogP contribution in [0.4, 0.5) is 0 Å². The van der Waals surface area contributed by atoms with Gasteiger partial charge in [0.25, 0.3) is 0 Å². The molecule has 7 heteroatoms. The fraction of sp³-hybridized carbons (Fsp3) is 0.556. The lowest BCUT2D eigenvalue weighted by Crippen LogP contribution is -2.50. The number of nitrogens with zero attached hydrogens (tertiary/aromatic N) is 1. The lowest BCUT2D eigenvalue weighted by Gasteiger charge is -2.30. The van der Waals surface area contributed by atoms with E-state index < -0.39 is 0 Å². The van der Waals surface area contributed by atoms with E-state index >= 15 is 0 Å². The third kappa shape index (κ3) is 6.41. The highest BCUT2D eigenvalue weighted by Crippen LogP contribution is 2.22. The van der Waals surface area contributed by atoms with Crippen LogP contribution < -0.4 is 10.6 Å². The number of fused-ring (bicyclic) bond motifs is 1. The molecule has 1 saturated heterocycles. The predicted octanol–water partition coefficient (Wildman–Crippen LogP) is 3.97. The highest BCUT2D eigenvalue weighted by atomic mass is 35.5. The SMILES string of the molecule is CC1CCNCC1NC(=O)CCCCc1nc2ccccc2s1.Cl.Cl. The lowest BCUT2D eigenvalue weighted by molar-refractivity contribution is -0.122. The molecule has 2 aromatic rings. The summed E-state index contributed by atoms with van der Waals surface area (Å²) in [6, 6.07) is 8.54. The summed E-state index contributed by atoms with van der Waals surface area (Å²) in [5.74, 6) is 0.762. The minimum atomic E-state index is 0. The molecule has 2 unspecified atom stereocenters. The Hall–Kier alpha value is -0.880. The summed E-state index contributed by atoms with van der Waals surface area (Å²) in [5, 5.41) is 7.70. The number of hydrogen-bond acceptors (Lipinski definition) is 4. The first-order chi connectivity index (χ1) is 11.2. The van der Waals surface area contributed by atoms with E-state index in [1.165, 1.54) is 9.71 Å². The molecule has 1 amide bonds. The Balaban J connectivity index is 0.00000156. The topological polar surface area (TPSA) is 54.0 Å². The monoisotopic (exact) mass is 403 g/mol. The third-order valence-corrected chi connectivity index (χ3v) is 5.65. The summed E-state index contributed by atoms with van der Waals surface area (Å²) in [4.78, 5) is 16.7. The maximum atomic E-state index is 12.1. The van der Waals surface area contributed by atoms with Gasteiger partial charge in [-0.25, -0.2) is 4.98 Å². The second kappa shape index (κ2) is 11.0. The molecule has 0 aliphatic carbocycles. The minimum absolute atomic E-state index is 0. The van der Waals surface area contributed by atoms with Gasteiger partial charge in [-0.15, -0.1) is 36.2 Å². The summed E-state index contributed by atoms with van der Waals surface area (Å²) < 4.78 is 1.25. The summed E-state index contributed by atoms with van der Waals surface area (Å²) in [7, 11) is 0. The number of piperidine rings is 1. The number of aryl methyl sites for hydroxylation is 1. The molecule has 0 radical (unpaired) electrons. The van der Waals surface area contributed by atoms with E-state index in [0.29, 0.717) is 18.4 Å². The molecular weight excluding hydrogens is 377 g/mol. The molecule has 2 N–H and O–H groups in total. The van der Waals surface area contributed by atoms with Gasteiger partial charge in [0.2, 0.25) is 5.91 Å². The molecule has 3 rings (SSSR count). The van der Waals surface area contributed by atoms with Crippen LogP contribution in [0, 0.1) is 5.92 Å². The number of nitrogens with one attached hydrogen (secondary N) is 2. The third-order valence-electron chi connectivity index (χ3n) is 4.56. The van der Waals surface area contributed by atoms with Crippen molar-refractivity contribution in [2.24, 2.45) is 5.92 Å². The van der Waals surface area contributed by atoms with Crippen molar-refractivity contribution in [3.63, 3.8) is 0 Å². The molecule has 1 aliphatic heterocycles. The molecule has 0 spiro atoms. The van der Waals surface area contributed by atoms with Crippen molar-refractivity contribution in [1.29, 1.82) is 0 Å². The first-order valence-corrected chi connectivity index (χ1v) is 9.38. The smallest absolute Gasteiger partial charge is 0.220 e. The van der Waals surface area contributed by atoms with Crippen molar-refractivity contribution in [2.75, 3.05) is 13.1 Å². The Morgan fingerprint density at radius 2 is 2.12 bits per heavy atom. The number of aromatic nitrogens is 1. The summed E-state index contributed by atoms with van der Waals surface area (Å²) in [6.07, 6.45) is 4.67. The number of unbranched alkanes of at least 4 members (excludes halogenated alkanes) is 1. The Morgan fingerprint density at radius 3 is 2.88 bits per heavy atom. The van der Waals surface area contributed by atoms with Crippen molar-refractivity contribution >= 4 is 52.3 Å². The lowest BCUT2D eigenvalue weighted by atomic mass is 9.94. The van der Waals surface area contributed by atoms with Gasteiger partial charge >= 0.3 is 0 Å². The van der Waals surface area contributed by atoms with Crippen molar-refractivity contribution in [3.8, 4) is 0 Å². The predicted molar refractivity (Wildman–Crippen MR) is 110 cm³/mol. The van der Waals surface area contributed by atoms with E-state index in [9.17, 15) is 4.79 Å². The molecule has 140 valence electrons. The molecule has 25 heavy (non-hydrogen) atoms. The van der Waals surface area contributed by atoms with Crippen LogP contribution in [0.25, 0.3) is 10.2 Å². The van der Waals surface area contributed by atoms with E-state index in [1.807, 2.05) is 6.07 Å². The van der Waals surface area contributed by atoms with Crippen LogP contribution in [0.1, 0.15) is 37.6 Å². The van der Waals surface area contributed by atoms with Crippen LogP contribution in [-0.2, 0) is 11.2 Å². The van der Waals surface area contributed by atoms with Crippen LogP contribution in [0.15, 0.2) is 24.3 Å². The van der Waals surface area contributed by atoms with Gasteiger partial charge in [0.15, 0.2) is 0 Å². The van der Waals surface area contributed by atoms with Gasteiger partial charge in [0.05, 0.1) is 15.2 Å². The Labute approximate surface area is 166 Å². The van der Waals surface area contributed by atoms with Gasteiger partial charge in [-0.05, 0) is 50.3 Å². The second-order valence-electron chi connectivity index (χ2n) is 6.43. The Bertz CT molecular complexity index is 632. The molecule has 1 aromatic heterocycles. The van der Waals surface area contributed by atoms with Crippen molar-refractivity contribution in [2.45, 2.75) is 45.1 Å². The number of carbonyl (C=O) groups excluding carboxylic acids is 1. The fourth-order valence-corrected chi connectivity index (χ4v) is 4.06. The Kier molecular flexibility index (Phi) is 9.72. The van der Waals surface area contributed by atoms with Gasteiger partial charge in [-0.3, -0.25) is 4.79 Å². The van der Waals surface area contributed by atoms with Crippen LogP contribution in [0.3, 0.4) is 0 Å². The molecule has 2 heterocycles. The standard InChI is InChI=1S/C18H25N3OS.2ClH/c1-13-10-11-19-12-15(13)20-17(22)8-4-5-9-18-21-14-6-2-3-7-16(14)23-18;;/h2-3,6-7,13,15,19H,4-5,8-12H2,1H3,(H,20,22);2*1H. The molecular formula is C18H27Cl2N3OS. The second-order valence-corrected chi connectivity index (χ2v) is 7.54. The number of rotatable bonds is 6. The minimum Gasteiger partial charge on any atom is -0.352 e. The zero-order valence-corrected chi connectivity index (χ0v) is 16.9. The highest BCUT2D eigenvalue weighted by Gasteiger charge is 2.22. The van der Waals surface area contributed by atoms with Crippen LogP contribution in [-0.4, -0.2) is 30.0 Å². The molecule has 1 fully saturated rings. The summed E-state index contributed by atoms with van der Waals surface area (Å²) in [6.45, 7) is 4.19. The number of amides is 1. The molecule has 4 nitrogen and oxygen atoms in total. The number of carbonyl (C=O) groups is 1. The zero-order valence-electron chi connectivity index (χ0n) is 14.5. The number of benzene rings is 1. The van der Waals surface area contributed by atoms with Gasteiger partial charge in [0, 0.05) is 19.0 Å². The number of halogens is 2. The summed E-state index contributed by atoms with van der Waals surface area (Å²) in [5.41, 5.74) is 1.09. The number of para-hydroxylation sites is 1. The van der Waals surface area contributed by atoms with Crippen LogP contribution in [0.5, 0.6) is 0 Å². The molecule has 0 bridgehead atoms. The van der Waals surface area contributed by atoms with E-state index in [-0.39, 0.29) is 30.7 Å². The van der Waals surface area contributed by atoms with Crippen molar-refractivity contribution in [3.05, 3.63) is 29.3 Å². The fourth-order valence-electron chi connectivity index (χ4n) is 3.05. The van der Waals surface area contributed by atoms with E-state index in [4.69, 9.17) is 0 Å². The van der Waals surface area contributed by atoms with E-state index in [1.54, 1.807) is 11.3 Å². The first-order valence-electron chi connectivity index (χ1n) is 8.57. The Morgan fingerprint density at radius 1 is 1.32 bits per heavy atom. The number of hydrogen-bond donors (Lipinski definition) is 2. The molecule has 1 aromatic carbocycles. The zero-order chi connectivity index (χ0) is 16.1. The normalized spacial score (nSPS) is 19.7. The number of thiazole rings is 1. The maximum absolute atomic E-state index is 12.1. The largest absolute Gasteiger partial charge is 0.352 e. The molecule has 0 saturated carbocycles. The first kappa shape index (κ1) is 22.2. The van der Waals surface area contributed by atoms with E-state index in [2.05, 4.69) is 40.7 Å². The van der Waals surface area contributed by atoms with Crippen molar-refractivity contribution < 1.29 is 4.79 Å². The van der Waals surface area contributed by atoms with Crippen LogP contribution in [0.2, 0.25) is 0 Å². The average Bonchev–Trinajstić information content (AvgIpc) is 2.96. The maximum Gasteiger partial charge on any atom is 0.220 e. The summed E-state index contributed by atoms with van der Waals surface area (Å²) >= 11 is 1.76. The molecule has 1 aliphatic rings. The average molecular weight is 404 g/mol. The van der Waals surface area contributed by atoms with Gasteiger partial charge < -0.3 is 10.6 Å². The molecule has 2 atom stereocenters. The van der Waals surface area contributed by atoms with E-state index in [0.717, 1.165) is 44.3 Å². The van der Waals surface area contributed by atoms with Crippen LogP contribution >= 0.6 is 36.2 Å². The quantitative estimate of drug-likeness (QED) is 0.717. The highest BCUT2D eigenvalue weighted by molar-refractivity contribution is 7.18. The van der Waals surface area contributed by atoms with Gasteiger partial charge in [-0.1, -0.05) is 19.1 Å². The van der Waals surface area contributed by atoms with Gasteiger partial charge in [0.1, 0.15) is 0 Å². The van der Waals surface area contributed by atoms with Gasteiger partial charge in [-0.2, -0.15) is 0 Å². The van der Waals surface area contributed by atoms with Crippen molar-refractivity contribution in [1.82, 2.24) is 15.6 Å².